The molecule has 1 rings (SSSR count). The van der Waals surface area contributed by atoms with E-state index in [1.165, 1.54) is 0 Å². The lowest BCUT2D eigenvalue weighted by atomic mass is 10.0. The minimum absolute atomic E-state index is 0.264. The van der Waals surface area contributed by atoms with Gasteiger partial charge in [0.25, 0.3) is 0 Å². The van der Waals surface area contributed by atoms with Gasteiger partial charge in [0.1, 0.15) is 17.5 Å². The molecule has 1 amide bonds. The maximum Gasteiger partial charge on any atom is 0.405 e. The molecule has 0 fully saturated rings. The van der Waals surface area contributed by atoms with Gasteiger partial charge in [0.2, 0.25) is 0 Å². The Morgan fingerprint density at radius 1 is 1.12 bits per heavy atom. The van der Waals surface area contributed by atoms with Crippen molar-refractivity contribution in [3.05, 3.63) is 52.0 Å². The number of ether oxygens (including phenoxy) is 3. The van der Waals surface area contributed by atoms with Gasteiger partial charge in [-0.25, -0.2) is 4.79 Å². The number of benzene rings is 1. The molecule has 2 atom stereocenters. The first kappa shape index (κ1) is 34.0. The third-order valence-electron chi connectivity index (χ3n) is 3.86. The van der Waals surface area contributed by atoms with Gasteiger partial charge in [-0.1, -0.05) is 69.1 Å². The van der Waals surface area contributed by atoms with Crippen LogP contribution in [0, 0.1) is 0 Å². The van der Waals surface area contributed by atoms with Crippen molar-refractivity contribution in [3.8, 4) is 5.75 Å². The molecule has 0 saturated carbocycles. The van der Waals surface area contributed by atoms with Crippen molar-refractivity contribution >= 4 is 35.3 Å². The van der Waals surface area contributed by atoms with Crippen molar-refractivity contribution in [3.63, 3.8) is 0 Å². The summed E-state index contributed by atoms with van der Waals surface area (Å²) in [5, 5.41) is 0.956. The minimum Gasteiger partial charge on any atom is -0.481 e. The zero-order chi connectivity index (χ0) is 26.9. The predicted octanol–water partition coefficient (Wildman–Crippen LogP) is 7.90. The molecule has 0 aromatic heterocycles. The topological polar surface area (TPSA) is 87.8 Å². The summed E-state index contributed by atoms with van der Waals surface area (Å²) < 4.78 is 16.1. The fourth-order valence-electron chi connectivity index (χ4n) is 2.47. The maximum absolute atomic E-state index is 11.7. The Hall–Kier alpha value is -2.18. The quantitative estimate of drug-likeness (QED) is 0.279. The third-order valence-corrected chi connectivity index (χ3v) is 4.39. The smallest absolute Gasteiger partial charge is 0.405 e. The van der Waals surface area contributed by atoms with E-state index in [0.717, 1.165) is 12.0 Å². The third kappa shape index (κ3) is 15.6. The van der Waals surface area contributed by atoms with E-state index in [2.05, 4.69) is 4.74 Å². The SMILES string of the molecule is C/C=C\C=C(/CC)[C@H](Oc1ccc(Cl)cc1Cl)C(C)OC(=O)CC.CC.CC(C)(C)OC(N)=O. The number of halogens is 2. The fraction of sp³-hybridized carbons (Fsp3) is 0.538. The second kappa shape index (κ2) is 18.2. The Morgan fingerprint density at radius 3 is 2.09 bits per heavy atom. The number of rotatable bonds is 8. The van der Waals surface area contributed by atoms with E-state index in [-0.39, 0.29) is 5.97 Å². The fourth-order valence-corrected chi connectivity index (χ4v) is 2.92. The lowest BCUT2D eigenvalue weighted by Gasteiger charge is -2.27. The van der Waals surface area contributed by atoms with Crippen LogP contribution in [0.1, 0.15) is 75.2 Å². The van der Waals surface area contributed by atoms with Crippen LogP contribution in [0.5, 0.6) is 5.75 Å². The van der Waals surface area contributed by atoms with Crippen LogP contribution in [0.4, 0.5) is 4.79 Å². The zero-order valence-electron chi connectivity index (χ0n) is 21.9. The average molecular weight is 519 g/mol. The van der Waals surface area contributed by atoms with E-state index in [9.17, 15) is 9.59 Å². The average Bonchev–Trinajstić information content (AvgIpc) is 2.74. The molecule has 2 N–H and O–H groups in total. The van der Waals surface area contributed by atoms with Crippen molar-refractivity contribution < 1.29 is 23.8 Å². The van der Waals surface area contributed by atoms with Crippen molar-refractivity contribution in [2.24, 2.45) is 5.73 Å². The zero-order valence-corrected chi connectivity index (χ0v) is 23.4. The number of carbonyl (C=O) groups is 2. The molecule has 0 aliphatic rings. The summed E-state index contributed by atoms with van der Waals surface area (Å²) in [7, 11) is 0. The number of hydrogen-bond acceptors (Lipinski definition) is 5. The minimum atomic E-state index is -0.725. The monoisotopic (exact) mass is 517 g/mol. The van der Waals surface area contributed by atoms with Gasteiger partial charge >= 0.3 is 12.1 Å². The Kier molecular flexibility index (Phi) is 18.2. The molecule has 0 heterocycles. The molecule has 0 radical (unpaired) electrons. The molecule has 0 saturated heterocycles. The molecular weight excluding hydrogens is 477 g/mol. The van der Waals surface area contributed by atoms with Crippen molar-refractivity contribution in [1.29, 1.82) is 0 Å². The van der Waals surface area contributed by atoms with E-state index >= 15 is 0 Å². The molecule has 1 aromatic rings. The molecule has 0 spiro atoms. The lowest BCUT2D eigenvalue weighted by molar-refractivity contribution is -0.151. The number of amides is 1. The van der Waals surface area contributed by atoms with Crippen LogP contribution >= 0.6 is 23.2 Å². The molecule has 0 aliphatic carbocycles. The number of allylic oxidation sites excluding steroid dienone is 3. The Balaban J connectivity index is 0. The van der Waals surface area contributed by atoms with Gasteiger partial charge in [0, 0.05) is 11.4 Å². The largest absolute Gasteiger partial charge is 0.481 e. The molecule has 0 bridgehead atoms. The van der Waals surface area contributed by atoms with E-state index < -0.39 is 23.9 Å². The number of esters is 1. The van der Waals surface area contributed by atoms with Crippen LogP contribution in [0.3, 0.4) is 0 Å². The van der Waals surface area contributed by atoms with Gasteiger partial charge in [0.05, 0.1) is 5.02 Å². The Bertz CT molecular complexity index is 801. The summed E-state index contributed by atoms with van der Waals surface area (Å²) in [5.41, 5.74) is 5.27. The van der Waals surface area contributed by atoms with Crippen LogP contribution in [0.25, 0.3) is 0 Å². The second-order valence-electron chi connectivity index (χ2n) is 7.82. The van der Waals surface area contributed by atoms with Gasteiger partial charge in [-0.15, -0.1) is 0 Å². The van der Waals surface area contributed by atoms with Gasteiger partial charge in [-0.2, -0.15) is 0 Å². The number of hydrogen-bond donors (Lipinski definition) is 1. The number of primary amides is 1. The first-order valence-electron chi connectivity index (χ1n) is 11.5. The standard InChI is InChI=1S/C19H24Cl2O3.C5H11NO2.C2H6/c1-5-8-9-14(6-2)19(13(4)23-18(22)7-3)24-17-11-10-15(20)12-16(17)21;1-5(2,3)8-4(6)7;1-2/h5,8-13,19H,6-7H2,1-4H3;1-3H3,(H2,6,7);1-2H3/b8-5-,14-9+;;/t13?,19-;;/m1../s1. The van der Waals surface area contributed by atoms with E-state index in [1.54, 1.807) is 45.9 Å². The van der Waals surface area contributed by atoms with Crippen molar-refractivity contribution in [1.82, 2.24) is 0 Å². The van der Waals surface area contributed by atoms with E-state index in [4.69, 9.17) is 38.4 Å². The highest BCUT2D eigenvalue weighted by Gasteiger charge is 2.26. The molecule has 0 aliphatic heterocycles. The molecule has 8 heteroatoms. The van der Waals surface area contributed by atoms with Gasteiger partial charge in [0.15, 0.2) is 6.10 Å². The van der Waals surface area contributed by atoms with Crippen LogP contribution in [0.2, 0.25) is 10.0 Å². The van der Waals surface area contributed by atoms with Crippen molar-refractivity contribution in [2.45, 2.75) is 93.0 Å². The highest BCUT2D eigenvalue weighted by atomic mass is 35.5. The Labute approximate surface area is 215 Å². The first-order chi connectivity index (χ1) is 15.8. The van der Waals surface area contributed by atoms with Gasteiger partial charge in [-0.05, 0) is 64.8 Å². The highest BCUT2D eigenvalue weighted by Crippen LogP contribution is 2.31. The summed E-state index contributed by atoms with van der Waals surface area (Å²) in [5.74, 6) is 0.241. The summed E-state index contributed by atoms with van der Waals surface area (Å²) in [6, 6.07) is 5.05. The number of carbonyl (C=O) groups excluding carboxylic acids is 2. The Morgan fingerprint density at radius 2 is 1.71 bits per heavy atom. The van der Waals surface area contributed by atoms with E-state index in [1.807, 2.05) is 52.8 Å². The summed E-state index contributed by atoms with van der Waals surface area (Å²) in [6.45, 7) is 16.8. The first-order valence-corrected chi connectivity index (χ1v) is 12.2. The molecule has 1 aromatic carbocycles. The molecule has 34 heavy (non-hydrogen) atoms. The normalized spacial score (nSPS) is 13.0. The summed E-state index contributed by atoms with van der Waals surface area (Å²) >= 11 is 12.1. The summed E-state index contributed by atoms with van der Waals surface area (Å²) in [4.78, 5) is 21.7. The molecular formula is C26H41Cl2NO5. The lowest BCUT2D eigenvalue weighted by Crippen LogP contribution is -2.35. The highest BCUT2D eigenvalue weighted by molar-refractivity contribution is 6.35. The molecule has 1 unspecified atom stereocenters. The van der Waals surface area contributed by atoms with Gasteiger partial charge < -0.3 is 19.9 Å². The molecule has 6 nitrogen and oxygen atoms in total. The summed E-state index contributed by atoms with van der Waals surface area (Å²) in [6.07, 6.45) is 5.33. The molecule has 194 valence electrons. The van der Waals surface area contributed by atoms with Crippen LogP contribution < -0.4 is 10.5 Å². The van der Waals surface area contributed by atoms with Crippen LogP contribution in [0.15, 0.2) is 42.0 Å². The number of nitrogens with two attached hydrogens (primary N) is 1. The second-order valence-corrected chi connectivity index (χ2v) is 8.66. The predicted molar refractivity (Wildman–Crippen MR) is 142 cm³/mol. The van der Waals surface area contributed by atoms with Crippen LogP contribution in [-0.2, 0) is 14.3 Å². The van der Waals surface area contributed by atoms with Gasteiger partial charge in [-0.3, -0.25) is 4.79 Å². The maximum atomic E-state index is 11.7. The van der Waals surface area contributed by atoms with Crippen LogP contribution in [-0.4, -0.2) is 29.9 Å². The van der Waals surface area contributed by atoms with Crippen molar-refractivity contribution in [2.75, 3.05) is 0 Å². The van der Waals surface area contributed by atoms with E-state index in [0.29, 0.717) is 22.2 Å².